The molecule has 14 heteroatoms. The largest absolute Gasteiger partial charge is 0.394 e. The molecular weight excluding hydrogens is 859 g/mol. The van der Waals surface area contributed by atoms with E-state index in [9.17, 15) is 45.6 Å². The van der Waals surface area contributed by atoms with Gasteiger partial charge < -0.3 is 65.1 Å². The number of aliphatic hydroxyl groups is 8. The maximum atomic E-state index is 13.2. The molecule has 0 spiro atoms. The Morgan fingerprint density at radius 1 is 0.522 bits per heavy atom. The van der Waals surface area contributed by atoms with Crippen molar-refractivity contribution in [1.29, 1.82) is 0 Å². The van der Waals surface area contributed by atoms with Gasteiger partial charge in [-0.25, -0.2) is 0 Å². The van der Waals surface area contributed by atoms with E-state index in [1.54, 1.807) is 6.08 Å². The molecule has 2 heterocycles. The highest BCUT2D eigenvalue weighted by Gasteiger charge is 2.51. The number of rotatable bonds is 42. The number of ether oxygens (including phenoxy) is 4. The highest BCUT2D eigenvalue weighted by molar-refractivity contribution is 5.76. The van der Waals surface area contributed by atoms with Gasteiger partial charge in [-0.3, -0.25) is 4.79 Å². The van der Waals surface area contributed by atoms with Gasteiger partial charge in [0.25, 0.3) is 0 Å². The van der Waals surface area contributed by atoms with Gasteiger partial charge in [-0.1, -0.05) is 186 Å². The number of hydrogen-bond acceptors (Lipinski definition) is 13. The molecule has 2 aliphatic rings. The topological polar surface area (TPSA) is 228 Å². The quantitative estimate of drug-likeness (QED) is 0.0211. The Hall–Kier alpha value is -1.53. The van der Waals surface area contributed by atoms with Crippen LogP contribution in [-0.4, -0.2) is 140 Å². The monoisotopic (exact) mass is 958 g/mol. The van der Waals surface area contributed by atoms with Gasteiger partial charge in [-0.05, 0) is 44.9 Å². The summed E-state index contributed by atoms with van der Waals surface area (Å²) >= 11 is 0. The summed E-state index contributed by atoms with van der Waals surface area (Å²) in [4.78, 5) is 13.2. The summed E-state index contributed by atoms with van der Waals surface area (Å²) < 4.78 is 22.7. The third-order valence-electron chi connectivity index (χ3n) is 13.4. The minimum atomic E-state index is -1.79. The third-order valence-corrected chi connectivity index (χ3v) is 13.4. The van der Waals surface area contributed by atoms with Crippen LogP contribution in [0.15, 0.2) is 24.3 Å². The lowest BCUT2D eigenvalue weighted by Gasteiger charge is -2.46. The fourth-order valence-electron chi connectivity index (χ4n) is 8.93. The van der Waals surface area contributed by atoms with E-state index >= 15 is 0 Å². The lowest BCUT2D eigenvalue weighted by atomic mass is 9.97. The molecule has 2 fully saturated rings. The van der Waals surface area contributed by atoms with E-state index in [0.29, 0.717) is 6.42 Å². The van der Waals surface area contributed by atoms with Crippen molar-refractivity contribution in [2.45, 2.75) is 286 Å². The van der Waals surface area contributed by atoms with Crippen molar-refractivity contribution in [1.82, 2.24) is 5.32 Å². The first-order valence-corrected chi connectivity index (χ1v) is 27.1. The molecule has 2 aliphatic heterocycles. The molecule has 2 saturated heterocycles. The molecule has 12 unspecified atom stereocenters. The minimum absolute atomic E-state index is 0.248. The second-order valence-corrected chi connectivity index (χ2v) is 19.4. The smallest absolute Gasteiger partial charge is 0.220 e. The van der Waals surface area contributed by atoms with Crippen LogP contribution in [-0.2, 0) is 23.7 Å². The van der Waals surface area contributed by atoms with Gasteiger partial charge in [-0.15, -0.1) is 0 Å². The first-order valence-electron chi connectivity index (χ1n) is 27.1. The number of hydrogen-bond donors (Lipinski definition) is 9. The van der Waals surface area contributed by atoms with Crippen molar-refractivity contribution in [3.63, 3.8) is 0 Å². The van der Waals surface area contributed by atoms with E-state index in [0.717, 1.165) is 57.8 Å². The number of carbonyl (C=O) groups excluding carboxylic acids is 1. The molecule has 67 heavy (non-hydrogen) atoms. The molecule has 0 bridgehead atoms. The molecule has 0 aromatic rings. The molecule has 14 nitrogen and oxygen atoms in total. The number of aliphatic hydroxyl groups excluding tert-OH is 8. The number of amides is 1. The van der Waals surface area contributed by atoms with Crippen LogP contribution in [0.5, 0.6) is 0 Å². The Kier molecular flexibility index (Phi) is 36.9. The van der Waals surface area contributed by atoms with Gasteiger partial charge in [-0.2, -0.15) is 0 Å². The first-order chi connectivity index (χ1) is 32.6. The van der Waals surface area contributed by atoms with Crippen molar-refractivity contribution in [2.24, 2.45) is 0 Å². The van der Waals surface area contributed by atoms with Gasteiger partial charge in [0.15, 0.2) is 12.6 Å². The Morgan fingerprint density at radius 3 is 1.43 bits per heavy atom. The lowest BCUT2D eigenvalue weighted by molar-refractivity contribution is -0.359. The summed E-state index contributed by atoms with van der Waals surface area (Å²) in [5.41, 5.74) is 0. The predicted octanol–water partition coefficient (Wildman–Crippen LogP) is 7.72. The first kappa shape index (κ1) is 61.6. The number of nitrogens with one attached hydrogen (secondary N) is 1. The van der Waals surface area contributed by atoms with Crippen LogP contribution in [0.3, 0.4) is 0 Å². The molecule has 9 N–H and O–H groups in total. The van der Waals surface area contributed by atoms with E-state index in [4.69, 9.17) is 18.9 Å². The fraction of sp³-hybridized carbons (Fsp3) is 0.906. The Balaban J connectivity index is 1.82. The zero-order chi connectivity index (χ0) is 48.9. The van der Waals surface area contributed by atoms with E-state index in [2.05, 4.69) is 31.3 Å². The SMILES string of the molecule is CCCCCC/C=C\CCCCCCCC(=O)NC(COC1OC(CO)C(OC2OC(CO)C(O)C(O)C2O)C(O)C1O)C(O)/C=C/CCCCCCCCCCCCCCCCCCCC. The number of unbranched alkanes of at least 4 members (excludes halogenated alkanes) is 27. The molecule has 394 valence electrons. The molecule has 12 atom stereocenters. The normalized spacial score (nSPS) is 26.7. The van der Waals surface area contributed by atoms with E-state index in [1.165, 1.54) is 128 Å². The van der Waals surface area contributed by atoms with E-state index in [1.807, 2.05) is 6.08 Å². The fourth-order valence-corrected chi connectivity index (χ4v) is 8.93. The van der Waals surface area contributed by atoms with E-state index in [-0.39, 0.29) is 18.9 Å². The highest BCUT2D eigenvalue weighted by atomic mass is 16.7. The lowest BCUT2D eigenvalue weighted by Crippen LogP contribution is -2.65. The van der Waals surface area contributed by atoms with Crippen LogP contribution in [0.4, 0.5) is 0 Å². The van der Waals surface area contributed by atoms with Gasteiger partial charge >= 0.3 is 0 Å². The number of allylic oxidation sites excluding steroid dienone is 3. The van der Waals surface area contributed by atoms with Crippen LogP contribution in [0.1, 0.15) is 213 Å². The molecule has 0 aliphatic carbocycles. The average molecular weight is 958 g/mol. The Labute approximate surface area is 405 Å². The van der Waals surface area contributed by atoms with Gasteiger partial charge in [0.2, 0.25) is 5.91 Å². The highest BCUT2D eigenvalue weighted by Crippen LogP contribution is 2.30. The minimum Gasteiger partial charge on any atom is -0.394 e. The van der Waals surface area contributed by atoms with Crippen molar-refractivity contribution >= 4 is 5.91 Å². The molecule has 1 amide bonds. The molecular formula is C53H99NO13. The van der Waals surface area contributed by atoms with Crippen molar-refractivity contribution in [3.8, 4) is 0 Å². The Bertz CT molecular complexity index is 1220. The second kappa shape index (κ2) is 40.1. The van der Waals surface area contributed by atoms with Gasteiger partial charge in [0, 0.05) is 6.42 Å². The zero-order valence-corrected chi connectivity index (χ0v) is 41.9. The third kappa shape index (κ3) is 27.0. The zero-order valence-electron chi connectivity index (χ0n) is 41.9. The molecule has 0 aromatic carbocycles. The van der Waals surface area contributed by atoms with E-state index < -0.39 is 86.8 Å². The Morgan fingerprint density at radius 2 is 0.940 bits per heavy atom. The van der Waals surface area contributed by atoms with Crippen LogP contribution >= 0.6 is 0 Å². The summed E-state index contributed by atoms with van der Waals surface area (Å²) in [6.07, 6.45) is 27.9. The molecule has 0 radical (unpaired) electrons. The summed E-state index contributed by atoms with van der Waals surface area (Å²) in [7, 11) is 0. The number of carbonyl (C=O) groups is 1. The van der Waals surface area contributed by atoms with Crippen molar-refractivity contribution < 1.29 is 64.6 Å². The summed E-state index contributed by atoms with van der Waals surface area (Å²) in [6.45, 7) is 2.77. The van der Waals surface area contributed by atoms with Crippen LogP contribution < -0.4 is 5.32 Å². The van der Waals surface area contributed by atoms with Gasteiger partial charge in [0.05, 0.1) is 32.0 Å². The average Bonchev–Trinajstić information content (AvgIpc) is 3.32. The molecule has 0 saturated carbocycles. The summed E-state index contributed by atoms with van der Waals surface area (Å²) in [6, 6.07) is -0.915. The summed E-state index contributed by atoms with van der Waals surface area (Å²) in [5, 5.41) is 86.8. The van der Waals surface area contributed by atoms with Crippen LogP contribution in [0.25, 0.3) is 0 Å². The summed E-state index contributed by atoms with van der Waals surface area (Å²) in [5.74, 6) is -0.248. The van der Waals surface area contributed by atoms with Gasteiger partial charge in [0.1, 0.15) is 48.8 Å². The second-order valence-electron chi connectivity index (χ2n) is 19.4. The van der Waals surface area contributed by atoms with Crippen molar-refractivity contribution in [3.05, 3.63) is 24.3 Å². The van der Waals surface area contributed by atoms with Crippen molar-refractivity contribution in [2.75, 3.05) is 19.8 Å². The standard InChI is InChI=1S/C53H99NO13/c1-3-5-7-9-11-13-15-17-18-19-20-21-22-23-25-26-28-30-32-34-36-42(57)41(54-45(58)37-35-33-31-29-27-24-16-14-12-10-8-6-4-2)40-64-52-50(63)48(61)51(44(39-56)66-52)67-53-49(62)47(60)46(59)43(38-55)65-53/h14,16,34,36,41-44,46-53,55-57,59-63H,3-13,15,17-33,35,37-40H2,1-2H3,(H,54,58)/b16-14-,36-34+. The maximum Gasteiger partial charge on any atom is 0.220 e. The maximum absolute atomic E-state index is 13.2. The predicted molar refractivity (Wildman–Crippen MR) is 263 cm³/mol. The molecule has 0 aromatic heterocycles. The molecule has 2 rings (SSSR count). The van der Waals surface area contributed by atoms with Crippen LogP contribution in [0, 0.1) is 0 Å². The van der Waals surface area contributed by atoms with Crippen LogP contribution in [0.2, 0.25) is 0 Å².